The summed E-state index contributed by atoms with van der Waals surface area (Å²) in [6.07, 6.45) is 0. The molecule has 0 radical (unpaired) electrons. The summed E-state index contributed by atoms with van der Waals surface area (Å²) >= 11 is 0. The molecule has 17 aromatic carbocycles. The monoisotopic (exact) mass is 1520 g/mol. The summed E-state index contributed by atoms with van der Waals surface area (Å²) < 4.78 is 10.4. The van der Waals surface area contributed by atoms with E-state index in [-0.39, 0.29) is 17.5 Å². The molecule has 20 rings (SSSR count). The average Bonchev–Trinajstić information content (AvgIpc) is 0.887. The van der Waals surface area contributed by atoms with Crippen molar-refractivity contribution in [1.82, 2.24) is 4.57 Å². The number of para-hydroxylation sites is 1. The van der Waals surface area contributed by atoms with Crippen LogP contribution in [0.15, 0.2) is 419 Å². The van der Waals surface area contributed by atoms with E-state index in [0.29, 0.717) is 0 Å². The van der Waals surface area contributed by atoms with Crippen molar-refractivity contribution < 1.29 is 4.74 Å². The van der Waals surface area contributed by atoms with Gasteiger partial charge in [-0.3, -0.25) is 0 Å². The van der Waals surface area contributed by atoms with E-state index in [4.69, 9.17) is 4.74 Å². The molecule has 1 aromatic heterocycles. The van der Waals surface area contributed by atoms with Gasteiger partial charge in [-0.15, -0.1) is 0 Å². The summed E-state index contributed by atoms with van der Waals surface area (Å²) in [7, 11) is -6.93. The van der Waals surface area contributed by atoms with Crippen LogP contribution in [0.5, 0.6) is 11.5 Å². The standard InChI is InChI=1S/C110H87BN2OSi2/c1-109(2,3)85-59-61-97-98-62-60-86(110(4,5)6)72-104(98)112(103(97)71-85)87-73-105-108-107(74-87)114-106-70-83(78-39-19-9-20-40-78)57-63-99(106)111(108)100-69-82(58-64-102(100)113(105)101-56-32-31-55-96(101)79-41-21-10-22-42-79)84-67-94(115(88-45-23-11-24-46-88,89-47-25-12-26-48-89)92-53-33-43-80(65-92)76-35-15-7-16-36-76)75-95(68-84)116(90-49-27-13-28-50-90,91-51-29-14-30-52-91)93-54-34-44-81(66-93)77-37-17-8-18-38-77/h7-75H,1-6H3. The number of anilines is 3. The molecular formula is C110H87BN2OSi2. The number of benzene rings is 17. The number of aromatic nitrogens is 1. The molecule has 2 aliphatic rings. The van der Waals surface area contributed by atoms with Gasteiger partial charge >= 0.3 is 0 Å². The lowest BCUT2D eigenvalue weighted by Gasteiger charge is -2.41. The number of hydrogen-bond acceptors (Lipinski definition) is 2. The van der Waals surface area contributed by atoms with Gasteiger partial charge < -0.3 is 14.2 Å². The Morgan fingerprint density at radius 2 is 0.638 bits per heavy atom. The van der Waals surface area contributed by atoms with Crippen molar-refractivity contribution in [2.75, 3.05) is 4.90 Å². The lowest BCUT2D eigenvalue weighted by molar-refractivity contribution is 0.487. The van der Waals surface area contributed by atoms with E-state index in [1.165, 1.54) is 91.1 Å². The van der Waals surface area contributed by atoms with E-state index in [1.54, 1.807) is 0 Å². The second-order valence-corrected chi connectivity index (χ2v) is 41.1. The average molecular weight is 1520 g/mol. The van der Waals surface area contributed by atoms with Gasteiger partial charge in [-0.25, -0.2) is 0 Å². The topological polar surface area (TPSA) is 17.4 Å². The van der Waals surface area contributed by atoms with Gasteiger partial charge in [0, 0.05) is 33.8 Å². The van der Waals surface area contributed by atoms with Gasteiger partial charge in [0.05, 0.1) is 22.4 Å². The van der Waals surface area contributed by atoms with E-state index >= 15 is 0 Å². The van der Waals surface area contributed by atoms with Gasteiger partial charge in [-0.2, -0.15) is 0 Å². The molecule has 0 N–H and O–H groups in total. The molecule has 6 heteroatoms. The molecule has 0 fully saturated rings. The molecule has 18 aromatic rings. The zero-order valence-electron chi connectivity index (χ0n) is 66.2. The first-order chi connectivity index (χ1) is 56.8. The maximum Gasteiger partial charge on any atom is 0.256 e. The van der Waals surface area contributed by atoms with E-state index in [9.17, 15) is 0 Å². The number of nitrogens with zero attached hydrogens (tertiary/aromatic N) is 2. The molecule has 0 saturated heterocycles. The normalized spacial score (nSPS) is 12.6. The Labute approximate surface area is 683 Å². The van der Waals surface area contributed by atoms with Crippen LogP contribution in [0.25, 0.3) is 83.1 Å². The Bertz CT molecular complexity index is 6400. The molecular weight excluding hydrogens is 1430 g/mol. The van der Waals surface area contributed by atoms with E-state index in [2.05, 4.69) is 470 Å². The Kier molecular flexibility index (Phi) is 17.9. The molecule has 116 heavy (non-hydrogen) atoms. The molecule has 3 heterocycles. The van der Waals surface area contributed by atoms with Crippen molar-refractivity contribution in [3.63, 3.8) is 0 Å². The van der Waals surface area contributed by atoms with Crippen LogP contribution in [0.1, 0.15) is 52.7 Å². The summed E-state index contributed by atoms with van der Waals surface area (Å²) in [6, 6.07) is 160. The molecule has 0 spiro atoms. The third-order valence-corrected chi connectivity index (χ3v) is 34.1. The highest BCUT2D eigenvalue weighted by atomic mass is 28.3. The van der Waals surface area contributed by atoms with Gasteiger partial charge in [0.1, 0.15) is 11.5 Å². The Morgan fingerprint density at radius 3 is 1.10 bits per heavy atom. The number of fused-ring (bicyclic) bond motifs is 7. The molecule has 0 unspecified atom stereocenters. The van der Waals surface area contributed by atoms with Crippen molar-refractivity contribution in [1.29, 1.82) is 0 Å². The van der Waals surface area contributed by atoms with Crippen LogP contribution < -0.4 is 67.5 Å². The minimum atomic E-state index is -3.47. The molecule has 0 bridgehead atoms. The molecule has 0 atom stereocenters. The molecule has 0 saturated carbocycles. The van der Waals surface area contributed by atoms with Gasteiger partial charge in [-0.05, 0) is 166 Å². The number of ether oxygens (including phenoxy) is 1. The summed E-state index contributed by atoms with van der Waals surface area (Å²) in [5, 5.41) is 12.8. The molecule has 3 nitrogen and oxygen atoms in total. The van der Waals surface area contributed by atoms with Gasteiger partial charge in [-0.1, -0.05) is 418 Å². The zero-order chi connectivity index (χ0) is 78.3. The van der Waals surface area contributed by atoms with E-state index in [1.807, 2.05) is 0 Å². The Morgan fingerprint density at radius 1 is 0.250 bits per heavy atom. The maximum atomic E-state index is 7.84. The smallest absolute Gasteiger partial charge is 0.256 e. The number of hydrogen-bond donors (Lipinski definition) is 0. The second kappa shape index (κ2) is 28.9. The minimum absolute atomic E-state index is 0.111. The van der Waals surface area contributed by atoms with Crippen molar-refractivity contribution in [2.45, 2.75) is 52.4 Å². The number of rotatable bonds is 15. The SMILES string of the molecule is CC(C)(C)c1ccc2c3ccc(C(C)(C)C)cc3n(-c3cc4c5c(c3)N(c3ccccc3-c3ccccc3)c3ccc(-c6cc([Si](c7ccccc7)(c7ccccc7)c7cccc(-c8ccccc8)c7)cc([Si](c7ccccc7)(c7ccccc7)c7cccc(-c8ccccc8)c7)c6)cc3B5c3ccc(-c5ccccc5)cc3O4)c2c1. The third kappa shape index (κ3) is 12.2. The summed E-state index contributed by atoms with van der Waals surface area (Å²) in [6.45, 7) is 13.7. The largest absolute Gasteiger partial charge is 0.458 e. The van der Waals surface area contributed by atoms with Crippen molar-refractivity contribution in [3.05, 3.63) is 430 Å². The van der Waals surface area contributed by atoms with Crippen molar-refractivity contribution in [2.24, 2.45) is 0 Å². The van der Waals surface area contributed by atoms with Crippen molar-refractivity contribution in [3.8, 4) is 72.8 Å². The van der Waals surface area contributed by atoms with Crippen LogP contribution in [0.3, 0.4) is 0 Å². The fourth-order valence-corrected chi connectivity index (χ4v) is 28.8. The van der Waals surface area contributed by atoms with Crippen LogP contribution in [0, 0.1) is 0 Å². The summed E-state index contributed by atoms with van der Waals surface area (Å²) in [5.41, 5.74) is 23.9. The fourth-order valence-electron chi connectivity index (χ4n) is 19.0. The quantitative estimate of drug-likeness (QED) is 0.0752. The Balaban J connectivity index is 0.918. The highest BCUT2D eigenvalue weighted by Crippen LogP contribution is 2.48. The maximum absolute atomic E-state index is 7.84. The third-order valence-electron chi connectivity index (χ3n) is 24.6. The summed E-state index contributed by atoms with van der Waals surface area (Å²) in [5.74, 6) is 1.67. The lowest BCUT2D eigenvalue weighted by atomic mass is 9.34. The van der Waals surface area contributed by atoms with Crippen LogP contribution in [-0.4, -0.2) is 27.4 Å². The van der Waals surface area contributed by atoms with Gasteiger partial charge in [0.15, 0.2) is 16.1 Å². The minimum Gasteiger partial charge on any atom is -0.458 e. The van der Waals surface area contributed by atoms with E-state index < -0.39 is 16.1 Å². The lowest BCUT2D eigenvalue weighted by Crippen LogP contribution is -2.78. The molecule has 0 aliphatic carbocycles. The highest BCUT2D eigenvalue weighted by Gasteiger charge is 2.48. The molecule has 0 amide bonds. The first-order valence-electron chi connectivity index (χ1n) is 40.7. The van der Waals surface area contributed by atoms with Gasteiger partial charge in [0.2, 0.25) is 0 Å². The second-order valence-electron chi connectivity index (χ2n) is 33.5. The molecule has 2 aliphatic heterocycles. The summed E-state index contributed by atoms with van der Waals surface area (Å²) in [4.78, 5) is 2.59. The van der Waals surface area contributed by atoms with E-state index in [0.717, 1.165) is 89.6 Å². The van der Waals surface area contributed by atoms with Crippen LogP contribution in [-0.2, 0) is 10.8 Å². The van der Waals surface area contributed by atoms with Crippen LogP contribution >= 0.6 is 0 Å². The van der Waals surface area contributed by atoms with Crippen LogP contribution in [0.2, 0.25) is 0 Å². The molecule has 554 valence electrons. The van der Waals surface area contributed by atoms with Crippen LogP contribution in [0.4, 0.5) is 17.1 Å². The highest BCUT2D eigenvalue weighted by molar-refractivity contribution is 7.22. The zero-order valence-corrected chi connectivity index (χ0v) is 68.2. The first kappa shape index (κ1) is 71.7. The van der Waals surface area contributed by atoms with Gasteiger partial charge in [0.25, 0.3) is 6.71 Å². The predicted molar refractivity (Wildman–Crippen MR) is 498 cm³/mol. The van der Waals surface area contributed by atoms with Crippen molar-refractivity contribution >= 4 is 120 Å². The fraction of sp³-hybridized carbons (Fsp3) is 0.0727. The first-order valence-corrected chi connectivity index (χ1v) is 44.7. The Hall–Kier alpha value is -13.4. The predicted octanol–water partition coefficient (Wildman–Crippen LogP) is 20.9.